The van der Waals surface area contributed by atoms with Crippen molar-refractivity contribution < 1.29 is 32.5 Å². The quantitative estimate of drug-likeness (QED) is 0.449. The first kappa shape index (κ1) is 24.4. The molecule has 0 aromatic heterocycles. The summed E-state index contributed by atoms with van der Waals surface area (Å²) in [6.07, 6.45) is 0.416. The first-order valence-electron chi connectivity index (χ1n) is 9.55. The van der Waals surface area contributed by atoms with E-state index in [-0.39, 0.29) is 23.0 Å². The van der Waals surface area contributed by atoms with E-state index in [4.69, 9.17) is 14.2 Å². The molecule has 0 radical (unpaired) electrons. The minimum Gasteiger partial charge on any atom is -0.493 e. The third kappa shape index (κ3) is 6.58. The van der Waals surface area contributed by atoms with Crippen molar-refractivity contribution in [2.45, 2.75) is 24.3 Å². The van der Waals surface area contributed by atoms with E-state index < -0.39 is 16.0 Å². The number of rotatable bonds is 12. The molecule has 2 aromatic rings. The molecule has 0 spiro atoms. The maximum Gasteiger partial charge on any atom is 0.337 e. The lowest BCUT2D eigenvalue weighted by Crippen LogP contribution is -2.27. The number of carboxylic acid groups (broad SMARTS) is 1. The lowest BCUT2D eigenvalue weighted by molar-refractivity contribution is 0.0697. The van der Waals surface area contributed by atoms with Gasteiger partial charge in [-0.2, -0.15) is 0 Å². The van der Waals surface area contributed by atoms with Gasteiger partial charge in [-0.1, -0.05) is 6.07 Å². The average Bonchev–Trinajstić information content (AvgIpc) is 2.73. The molecule has 0 aliphatic carbocycles. The first-order valence-corrected chi connectivity index (χ1v) is 11.0. The van der Waals surface area contributed by atoms with Gasteiger partial charge in [0.15, 0.2) is 11.5 Å². The minimum atomic E-state index is -3.89. The molecule has 0 bridgehead atoms. The van der Waals surface area contributed by atoms with Gasteiger partial charge in [-0.05, 0) is 49.2 Å². The summed E-state index contributed by atoms with van der Waals surface area (Å²) in [7, 11) is 0.714. The lowest BCUT2D eigenvalue weighted by atomic mass is 10.1. The Morgan fingerprint density at radius 3 is 2.39 bits per heavy atom. The highest BCUT2D eigenvalue weighted by molar-refractivity contribution is 7.89. The van der Waals surface area contributed by atoms with Crippen molar-refractivity contribution in [1.29, 1.82) is 0 Å². The molecule has 0 saturated carbocycles. The Balaban J connectivity index is 2.12. The van der Waals surface area contributed by atoms with Crippen LogP contribution in [0.4, 0.5) is 5.69 Å². The molecule has 9 nitrogen and oxygen atoms in total. The van der Waals surface area contributed by atoms with Crippen molar-refractivity contribution >= 4 is 21.7 Å². The molecule has 170 valence electrons. The molecule has 0 saturated heterocycles. The molecular weight excluding hydrogens is 424 g/mol. The number of nitrogens with one attached hydrogen (secondary N) is 2. The highest BCUT2D eigenvalue weighted by Crippen LogP contribution is 2.27. The molecule has 3 N–H and O–H groups in total. The summed E-state index contributed by atoms with van der Waals surface area (Å²) in [5.74, 6) is -0.0872. The second kappa shape index (κ2) is 11.0. The number of hydrogen-bond donors (Lipinski definition) is 3. The second-order valence-electron chi connectivity index (χ2n) is 6.85. The van der Waals surface area contributed by atoms with Crippen LogP contribution < -0.4 is 19.5 Å². The minimum absolute atomic E-state index is 0.123. The van der Waals surface area contributed by atoms with E-state index in [2.05, 4.69) is 10.0 Å². The zero-order valence-corrected chi connectivity index (χ0v) is 18.8. The van der Waals surface area contributed by atoms with Gasteiger partial charge < -0.3 is 24.6 Å². The lowest BCUT2D eigenvalue weighted by Gasteiger charge is -2.17. The second-order valence-corrected chi connectivity index (χ2v) is 8.62. The van der Waals surface area contributed by atoms with Crippen LogP contribution in [0.5, 0.6) is 11.5 Å². The van der Waals surface area contributed by atoms with E-state index in [1.165, 1.54) is 26.4 Å². The zero-order chi connectivity index (χ0) is 23.0. The summed E-state index contributed by atoms with van der Waals surface area (Å²) in [6, 6.07) is 9.15. The third-order valence-electron chi connectivity index (χ3n) is 4.50. The predicted octanol–water partition coefficient (Wildman–Crippen LogP) is 2.37. The summed E-state index contributed by atoms with van der Waals surface area (Å²) in [4.78, 5) is 11.5. The summed E-state index contributed by atoms with van der Waals surface area (Å²) in [5.41, 5.74) is 1.05. The number of sulfonamides is 1. The van der Waals surface area contributed by atoms with Crippen molar-refractivity contribution in [1.82, 2.24) is 4.72 Å². The molecular formula is C21H28N2O7S. The normalized spacial score (nSPS) is 12.3. The number of carboxylic acids is 1. The van der Waals surface area contributed by atoms with Crippen LogP contribution in [0.25, 0.3) is 0 Å². The van der Waals surface area contributed by atoms with Crippen LogP contribution >= 0.6 is 0 Å². The number of aromatic carboxylic acids is 1. The molecule has 10 heteroatoms. The Bertz CT molecular complexity index is 1010. The van der Waals surface area contributed by atoms with E-state index in [1.807, 2.05) is 13.0 Å². The molecule has 0 amide bonds. The van der Waals surface area contributed by atoms with Crippen molar-refractivity contribution in [3.63, 3.8) is 0 Å². The standard InChI is InChI=1S/C21H28N2O7S/c1-14(13-28-2)23-18-7-6-16(12-17(18)21(24)25)31(26,27)22-10-9-15-5-8-19(29-3)20(11-15)30-4/h5-8,11-12,14,22-23H,9-10,13H2,1-4H3,(H,24,25)/t14-/m1/s1. The molecule has 31 heavy (non-hydrogen) atoms. The third-order valence-corrected chi connectivity index (χ3v) is 5.96. The molecule has 0 unspecified atom stereocenters. The van der Waals surface area contributed by atoms with Crippen molar-refractivity contribution in [2.24, 2.45) is 0 Å². The van der Waals surface area contributed by atoms with Gasteiger partial charge in [-0.15, -0.1) is 0 Å². The molecule has 0 aliphatic rings. The van der Waals surface area contributed by atoms with Crippen molar-refractivity contribution in [3.8, 4) is 11.5 Å². The monoisotopic (exact) mass is 452 g/mol. The van der Waals surface area contributed by atoms with E-state index in [0.717, 1.165) is 11.6 Å². The van der Waals surface area contributed by atoms with Crippen LogP contribution in [0.3, 0.4) is 0 Å². The molecule has 2 rings (SSSR count). The van der Waals surface area contributed by atoms with Gasteiger partial charge in [-0.25, -0.2) is 17.9 Å². The van der Waals surface area contributed by atoms with E-state index >= 15 is 0 Å². The van der Waals surface area contributed by atoms with Gasteiger partial charge in [0.1, 0.15) is 0 Å². The fourth-order valence-electron chi connectivity index (χ4n) is 3.00. The van der Waals surface area contributed by atoms with Crippen LogP contribution in [-0.2, 0) is 21.2 Å². The molecule has 0 aliphatic heterocycles. The smallest absolute Gasteiger partial charge is 0.337 e. The Labute approximate surface area is 182 Å². The van der Waals surface area contributed by atoms with E-state index in [1.54, 1.807) is 19.2 Å². The molecule has 0 fully saturated rings. The van der Waals surface area contributed by atoms with Crippen molar-refractivity contribution in [2.75, 3.05) is 39.8 Å². The Morgan fingerprint density at radius 1 is 1.06 bits per heavy atom. The van der Waals surface area contributed by atoms with E-state index in [9.17, 15) is 18.3 Å². The maximum atomic E-state index is 12.7. The predicted molar refractivity (Wildman–Crippen MR) is 117 cm³/mol. The largest absolute Gasteiger partial charge is 0.493 e. The molecule has 2 aromatic carbocycles. The van der Waals surface area contributed by atoms with Gasteiger partial charge in [0, 0.05) is 25.4 Å². The van der Waals surface area contributed by atoms with Gasteiger partial charge in [-0.3, -0.25) is 0 Å². The highest BCUT2D eigenvalue weighted by Gasteiger charge is 2.19. The fraction of sp³-hybridized carbons (Fsp3) is 0.381. The van der Waals surface area contributed by atoms with Crippen LogP contribution in [0.2, 0.25) is 0 Å². The van der Waals surface area contributed by atoms with Gasteiger partial charge >= 0.3 is 5.97 Å². The summed E-state index contributed by atoms with van der Waals surface area (Å²) < 4.78 is 43.3. The number of hydrogen-bond acceptors (Lipinski definition) is 7. The average molecular weight is 453 g/mol. The Morgan fingerprint density at radius 2 is 1.77 bits per heavy atom. The van der Waals surface area contributed by atoms with Crippen LogP contribution in [0, 0.1) is 0 Å². The number of carbonyl (C=O) groups is 1. The van der Waals surface area contributed by atoms with Gasteiger partial charge in [0.05, 0.1) is 31.3 Å². The Hall–Kier alpha value is -2.82. The number of methoxy groups -OCH3 is 3. The van der Waals surface area contributed by atoms with Crippen LogP contribution in [0.1, 0.15) is 22.8 Å². The number of benzene rings is 2. The van der Waals surface area contributed by atoms with Gasteiger partial charge in [0.2, 0.25) is 10.0 Å². The topological polar surface area (TPSA) is 123 Å². The van der Waals surface area contributed by atoms with Crippen LogP contribution in [0.15, 0.2) is 41.3 Å². The maximum absolute atomic E-state index is 12.7. The number of anilines is 1. The van der Waals surface area contributed by atoms with E-state index in [0.29, 0.717) is 30.2 Å². The number of ether oxygens (including phenoxy) is 3. The first-order chi connectivity index (χ1) is 14.7. The SMILES string of the molecule is COC[C@@H](C)Nc1ccc(S(=O)(=O)NCCc2ccc(OC)c(OC)c2)cc1C(=O)O. The van der Waals surface area contributed by atoms with Crippen molar-refractivity contribution in [3.05, 3.63) is 47.5 Å². The summed E-state index contributed by atoms with van der Waals surface area (Å²) in [5, 5.41) is 12.5. The highest BCUT2D eigenvalue weighted by atomic mass is 32.2. The molecule has 1 atom stereocenters. The summed E-state index contributed by atoms with van der Waals surface area (Å²) >= 11 is 0. The summed E-state index contributed by atoms with van der Waals surface area (Å²) in [6.45, 7) is 2.33. The van der Waals surface area contributed by atoms with Gasteiger partial charge in [0.25, 0.3) is 0 Å². The molecule has 0 heterocycles. The zero-order valence-electron chi connectivity index (χ0n) is 18.0. The fourth-order valence-corrected chi connectivity index (χ4v) is 4.06. The van der Waals surface area contributed by atoms with Crippen LogP contribution in [-0.4, -0.2) is 60.0 Å². The Kier molecular flexibility index (Phi) is 8.66.